The molecule has 0 unspecified atom stereocenters. The molecular weight excluding hydrogens is 484 g/mol. The zero-order chi connectivity index (χ0) is 26.7. The van der Waals surface area contributed by atoms with Crippen LogP contribution in [-0.4, -0.2) is 49.8 Å². The average Bonchev–Trinajstić information content (AvgIpc) is 3.17. The van der Waals surface area contributed by atoms with Crippen molar-refractivity contribution in [2.75, 3.05) is 6.54 Å². The number of hydrogen-bond acceptors (Lipinski definition) is 6. The molecule has 1 aromatic rings. The van der Waals surface area contributed by atoms with E-state index in [1.807, 2.05) is 26.8 Å². The van der Waals surface area contributed by atoms with Crippen LogP contribution in [0.5, 0.6) is 0 Å². The summed E-state index contributed by atoms with van der Waals surface area (Å²) in [6, 6.07) is 2.90. The van der Waals surface area contributed by atoms with Crippen molar-refractivity contribution in [3.8, 4) is 6.07 Å². The molecule has 3 rings (SSSR count). The van der Waals surface area contributed by atoms with Crippen molar-refractivity contribution < 1.29 is 18.0 Å². The van der Waals surface area contributed by atoms with Gasteiger partial charge < -0.3 is 10.2 Å². The number of fused-ring (bicyclic) bond motifs is 1. The number of thiophene rings is 1. The summed E-state index contributed by atoms with van der Waals surface area (Å²) in [4.78, 5) is 29.5. The van der Waals surface area contributed by atoms with Crippen LogP contribution >= 0.6 is 11.3 Å². The Morgan fingerprint density at radius 2 is 1.80 bits per heavy atom. The van der Waals surface area contributed by atoms with Crippen LogP contribution in [0, 0.1) is 34.0 Å². The van der Waals surface area contributed by atoms with Gasteiger partial charge >= 0.3 is 0 Å². The third kappa shape index (κ3) is 5.27. The summed E-state index contributed by atoms with van der Waals surface area (Å²) < 4.78 is 29.5. The van der Waals surface area contributed by atoms with Crippen LogP contribution in [-0.2, 0) is 25.0 Å². The van der Waals surface area contributed by atoms with Crippen LogP contribution in [0.4, 0.5) is 0 Å². The first-order chi connectivity index (χ1) is 15.8. The number of carbonyl (C=O) groups is 2. The predicted molar refractivity (Wildman–Crippen MR) is 136 cm³/mol. The van der Waals surface area contributed by atoms with E-state index in [0.717, 1.165) is 4.88 Å². The van der Waals surface area contributed by atoms with E-state index in [-0.39, 0.29) is 32.8 Å². The number of likely N-dealkylation sites (tertiary alicyclic amines) is 1. The molecule has 1 aliphatic heterocycles. The van der Waals surface area contributed by atoms with Gasteiger partial charge in [0, 0.05) is 11.4 Å². The Morgan fingerprint density at radius 3 is 2.29 bits per heavy atom. The molecule has 8 nitrogen and oxygen atoms in total. The molecule has 0 spiro atoms. The van der Waals surface area contributed by atoms with Crippen LogP contribution < -0.4 is 10.0 Å². The van der Waals surface area contributed by atoms with E-state index >= 15 is 0 Å². The summed E-state index contributed by atoms with van der Waals surface area (Å²) in [6.07, 6.45) is 0. The molecule has 2 fully saturated rings. The Labute approximate surface area is 213 Å². The van der Waals surface area contributed by atoms with Crippen molar-refractivity contribution >= 4 is 33.2 Å². The van der Waals surface area contributed by atoms with E-state index in [0.29, 0.717) is 6.54 Å². The van der Waals surface area contributed by atoms with Gasteiger partial charge in [0.1, 0.15) is 22.3 Å². The van der Waals surface area contributed by atoms with Gasteiger partial charge in [-0.3, -0.25) is 9.59 Å². The summed E-state index contributed by atoms with van der Waals surface area (Å²) in [6.45, 7) is 17.6. The number of hydrogen-bond donors (Lipinski definition) is 2. The van der Waals surface area contributed by atoms with Crippen molar-refractivity contribution in [1.29, 1.82) is 5.26 Å². The lowest BCUT2D eigenvalue weighted by Gasteiger charge is -2.37. The molecule has 1 saturated heterocycles. The number of nitrogens with one attached hydrogen (secondary N) is 2. The maximum Gasteiger partial charge on any atom is 0.250 e. The highest BCUT2D eigenvalue weighted by molar-refractivity contribution is 7.91. The van der Waals surface area contributed by atoms with Crippen molar-refractivity contribution in [1.82, 2.24) is 14.9 Å². The largest absolute Gasteiger partial charge is 0.339 e. The maximum absolute atomic E-state index is 13.9. The molecule has 0 aromatic carbocycles. The second-order valence-electron chi connectivity index (χ2n) is 12.5. The number of carbonyl (C=O) groups excluding carboxylic acids is 2. The van der Waals surface area contributed by atoms with Gasteiger partial charge in [-0.1, -0.05) is 55.4 Å². The van der Waals surface area contributed by atoms with Crippen molar-refractivity contribution in [3.63, 3.8) is 0 Å². The number of amides is 2. The highest BCUT2D eigenvalue weighted by atomic mass is 32.2. The van der Waals surface area contributed by atoms with E-state index in [1.165, 1.54) is 16.2 Å². The standard InChI is InChI=1S/C25H38N4O4S2/c1-14(12-26)27-21(30)19-18-15(25(18,8)9)13-29(19)22(31)20(24(5,6)7)28-35(32,33)17-11-10-16(34-17)23(2,3)4/h10-11,14-15,18-20,28H,13H2,1-9H3,(H,27,30)/t14-,15-,18-,19-,20+/m0/s1. The first-order valence-corrected chi connectivity index (χ1v) is 14.3. The van der Waals surface area contributed by atoms with Gasteiger partial charge in [-0.25, -0.2) is 8.42 Å². The van der Waals surface area contributed by atoms with E-state index in [2.05, 4.69) is 23.9 Å². The van der Waals surface area contributed by atoms with Crippen molar-refractivity contribution in [3.05, 3.63) is 17.0 Å². The monoisotopic (exact) mass is 522 g/mol. The molecule has 5 atom stereocenters. The van der Waals surface area contributed by atoms with E-state index in [1.54, 1.807) is 39.8 Å². The Balaban J connectivity index is 1.90. The number of sulfonamides is 1. The van der Waals surface area contributed by atoms with Crippen LogP contribution in [0.1, 0.15) is 67.2 Å². The SMILES string of the molecule is C[C@@H](C#N)NC(=O)[C@@H]1[C@@H]2[C@H](CN1C(=O)[C@@H](NS(=O)(=O)c1ccc(C(C)(C)C)s1)C(C)(C)C)C2(C)C. The van der Waals surface area contributed by atoms with Crippen LogP contribution in [0.3, 0.4) is 0 Å². The van der Waals surface area contributed by atoms with Crippen LogP contribution in [0.2, 0.25) is 0 Å². The van der Waals surface area contributed by atoms with Gasteiger partial charge in [-0.15, -0.1) is 11.3 Å². The molecule has 35 heavy (non-hydrogen) atoms. The first-order valence-electron chi connectivity index (χ1n) is 12.0. The molecular formula is C25H38N4O4S2. The molecule has 10 heteroatoms. The highest BCUT2D eigenvalue weighted by Crippen LogP contribution is 2.65. The molecule has 2 N–H and O–H groups in total. The van der Waals surface area contributed by atoms with Crippen LogP contribution in [0.25, 0.3) is 0 Å². The Hall–Kier alpha value is -1.96. The molecule has 1 aliphatic carbocycles. The van der Waals surface area contributed by atoms with E-state index in [4.69, 9.17) is 5.26 Å². The van der Waals surface area contributed by atoms with Gasteiger partial charge in [0.2, 0.25) is 11.8 Å². The van der Waals surface area contributed by atoms with Gasteiger partial charge in [0.15, 0.2) is 0 Å². The van der Waals surface area contributed by atoms with Crippen molar-refractivity contribution in [2.24, 2.45) is 22.7 Å². The Morgan fingerprint density at radius 1 is 1.20 bits per heavy atom. The summed E-state index contributed by atoms with van der Waals surface area (Å²) in [7, 11) is -3.97. The fourth-order valence-corrected chi connectivity index (χ4v) is 7.76. The van der Waals surface area contributed by atoms with E-state index < -0.39 is 39.5 Å². The third-order valence-electron chi connectivity index (χ3n) is 7.28. The molecule has 2 amide bonds. The Bertz CT molecular complexity index is 1150. The lowest BCUT2D eigenvalue weighted by molar-refractivity contribution is -0.143. The second-order valence-corrected chi connectivity index (χ2v) is 15.6. The number of nitrogens with zero attached hydrogens (tertiary/aromatic N) is 2. The molecule has 0 radical (unpaired) electrons. The number of piperidine rings is 1. The topological polar surface area (TPSA) is 119 Å². The van der Waals surface area contributed by atoms with Gasteiger partial charge in [0.25, 0.3) is 10.0 Å². The fourth-order valence-electron chi connectivity index (χ4n) is 4.99. The summed E-state index contributed by atoms with van der Waals surface area (Å²) >= 11 is 1.20. The van der Waals surface area contributed by atoms with Gasteiger partial charge in [-0.05, 0) is 47.1 Å². The molecule has 2 heterocycles. The quantitative estimate of drug-likeness (QED) is 0.594. The minimum atomic E-state index is -3.97. The zero-order valence-corrected chi connectivity index (χ0v) is 23.7. The second kappa shape index (κ2) is 8.86. The summed E-state index contributed by atoms with van der Waals surface area (Å²) in [5.74, 6) is -0.653. The van der Waals surface area contributed by atoms with Gasteiger partial charge in [0.05, 0.1) is 6.07 Å². The maximum atomic E-state index is 13.9. The molecule has 194 valence electrons. The summed E-state index contributed by atoms with van der Waals surface area (Å²) in [5, 5.41) is 11.8. The normalized spacial score (nSPS) is 25.4. The van der Waals surface area contributed by atoms with E-state index in [9.17, 15) is 18.0 Å². The zero-order valence-electron chi connectivity index (χ0n) is 22.1. The minimum Gasteiger partial charge on any atom is -0.339 e. The number of nitriles is 1. The highest BCUT2D eigenvalue weighted by Gasteiger charge is 2.69. The summed E-state index contributed by atoms with van der Waals surface area (Å²) in [5.41, 5.74) is -1.02. The Kier molecular flexibility index (Phi) is 6.99. The average molecular weight is 523 g/mol. The minimum absolute atomic E-state index is 0.0267. The third-order valence-corrected chi connectivity index (χ3v) is 10.7. The molecule has 2 aliphatic rings. The van der Waals surface area contributed by atoms with Crippen LogP contribution in [0.15, 0.2) is 16.3 Å². The molecule has 0 bridgehead atoms. The number of rotatable bonds is 6. The molecule has 1 saturated carbocycles. The molecule has 1 aromatic heterocycles. The predicted octanol–water partition coefficient (Wildman–Crippen LogP) is 3.25. The first kappa shape index (κ1) is 27.6. The smallest absolute Gasteiger partial charge is 0.250 e. The fraction of sp³-hybridized carbons (Fsp3) is 0.720. The lowest BCUT2D eigenvalue weighted by Crippen LogP contribution is -2.59. The lowest BCUT2D eigenvalue weighted by atomic mass is 9.86. The van der Waals surface area contributed by atoms with Crippen molar-refractivity contribution in [2.45, 2.75) is 90.1 Å². The van der Waals surface area contributed by atoms with Gasteiger partial charge in [-0.2, -0.15) is 9.98 Å².